The lowest BCUT2D eigenvalue weighted by atomic mass is 10.2. The zero-order chi connectivity index (χ0) is 13.2. The Morgan fingerprint density at radius 1 is 1.53 bits per heavy atom. The molecule has 2 heterocycles. The number of nitrogens with one attached hydrogen (secondary N) is 2. The van der Waals surface area contributed by atoms with E-state index in [0.717, 1.165) is 22.0 Å². The maximum Gasteiger partial charge on any atom is 0.234 e. The molecule has 19 heavy (non-hydrogen) atoms. The predicted molar refractivity (Wildman–Crippen MR) is 76.3 cm³/mol. The summed E-state index contributed by atoms with van der Waals surface area (Å²) in [5.74, 6) is 0.552. The minimum absolute atomic E-state index is 0.0567. The largest absolute Gasteiger partial charge is 0.379 e. The highest BCUT2D eigenvalue weighted by atomic mass is 32.2. The number of benzene rings is 1. The molecular formula is C13H14N4OS. The van der Waals surface area contributed by atoms with E-state index in [1.54, 1.807) is 18.1 Å². The van der Waals surface area contributed by atoms with Crippen molar-refractivity contribution in [2.24, 2.45) is 7.05 Å². The molecule has 0 aliphatic carbocycles. The zero-order valence-electron chi connectivity index (χ0n) is 10.5. The third-order valence-corrected chi connectivity index (χ3v) is 4.08. The molecule has 3 rings (SSSR count). The number of nitrogens with zero attached hydrogens (tertiary/aromatic N) is 2. The van der Waals surface area contributed by atoms with Crippen LogP contribution in [0.15, 0.2) is 35.6 Å². The molecule has 1 aliphatic heterocycles. The first kappa shape index (κ1) is 12.1. The Balaban J connectivity index is 1.74. The molecule has 0 saturated heterocycles. The second-order valence-electron chi connectivity index (χ2n) is 4.40. The number of carbonyl (C=O) groups excluding carboxylic acids is 1. The number of imidazole rings is 1. The highest BCUT2D eigenvalue weighted by Gasteiger charge is 2.15. The van der Waals surface area contributed by atoms with Gasteiger partial charge in [0.05, 0.1) is 30.0 Å². The summed E-state index contributed by atoms with van der Waals surface area (Å²) in [5.41, 5.74) is 2.98. The SMILES string of the molecule is Cn1cncc1CNc1ccc2c(c1)NC(=O)CS2. The average Bonchev–Trinajstić information content (AvgIpc) is 2.81. The zero-order valence-corrected chi connectivity index (χ0v) is 11.3. The molecule has 2 N–H and O–H groups in total. The summed E-state index contributed by atoms with van der Waals surface area (Å²) in [4.78, 5) is 16.6. The number of anilines is 2. The molecular weight excluding hydrogens is 260 g/mol. The van der Waals surface area contributed by atoms with Crippen LogP contribution in [0.3, 0.4) is 0 Å². The fourth-order valence-corrected chi connectivity index (χ4v) is 2.73. The first-order chi connectivity index (χ1) is 9.22. The predicted octanol–water partition coefficient (Wildman–Crippen LogP) is 2.08. The molecule has 0 fully saturated rings. The fraction of sp³-hybridized carbons (Fsp3) is 0.231. The van der Waals surface area contributed by atoms with Gasteiger partial charge in [-0.05, 0) is 18.2 Å². The van der Waals surface area contributed by atoms with Crippen LogP contribution in [-0.2, 0) is 18.4 Å². The quantitative estimate of drug-likeness (QED) is 0.899. The van der Waals surface area contributed by atoms with Gasteiger partial charge in [-0.1, -0.05) is 0 Å². The monoisotopic (exact) mass is 274 g/mol. The second-order valence-corrected chi connectivity index (χ2v) is 5.41. The van der Waals surface area contributed by atoms with Crippen LogP contribution in [0.5, 0.6) is 0 Å². The van der Waals surface area contributed by atoms with Crippen LogP contribution >= 0.6 is 11.8 Å². The van der Waals surface area contributed by atoms with Crippen LogP contribution in [0.1, 0.15) is 5.69 Å². The molecule has 0 atom stereocenters. The van der Waals surface area contributed by atoms with E-state index in [0.29, 0.717) is 12.3 Å². The molecule has 5 nitrogen and oxygen atoms in total. The minimum atomic E-state index is 0.0567. The van der Waals surface area contributed by atoms with Gasteiger partial charge in [-0.15, -0.1) is 11.8 Å². The standard InChI is InChI=1S/C13H14N4OS/c1-17-8-14-5-10(17)6-15-9-2-3-12-11(4-9)16-13(18)7-19-12/h2-5,8,15H,6-7H2,1H3,(H,16,18). The van der Waals surface area contributed by atoms with E-state index in [2.05, 4.69) is 15.6 Å². The molecule has 1 aliphatic rings. The summed E-state index contributed by atoms with van der Waals surface area (Å²) in [7, 11) is 1.97. The van der Waals surface area contributed by atoms with Crippen molar-refractivity contribution in [1.82, 2.24) is 9.55 Å². The molecule has 0 bridgehead atoms. The molecule has 1 aromatic carbocycles. The summed E-state index contributed by atoms with van der Waals surface area (Å²) in [6.45, 7) is 0.705. The summed E-state index contributed by atoms with van der Waals surface area (Å²) in [6, 6.07) is 6.03. The number of rotatable bonds is 3. The van der Waals surface area contributed by atoms with Crippen LogP contribution in [0, 0.1) is 0 Å². The minimum Gasteiger partial charge on any atom is -0.379 e. The van der Waals surface area contributed by atoms with E-state index >= 15 is 0 Å². The van der Waals surface area contributed by atoms with Crippen molar-refractivity contribution >= 4 is 29.0 Å². The first-order valence-corrected chi connectivity index (χ1v) is 6.97. The van der Waals surface area contributed by atoms with Gasteiger partial charge in [0.25, 0.3) is 0 Å². The lowest BCUT2D eigenvalue weighted by molar-refractivity contribution is -0.113. The van der Waals surface area contributed by atoms with Crippen LogP contribution in [0.2, 0.25) is 0 Å². The lowest BCUT2D eigenvalue weighted by Gasteiger charge is -2.17. The van der Waals surface area contributed by atoms with Crippen molar-refractivity contribution in [3.05, 3.63) is 36.4 Å². The number of hydrogen-bond acceptors (Lipinski definition) is 4. The number of thioether (sulfide) groups is 1. The van der Waals surface area contributed by atoms with E-state index in [1.165, 1.54) is 0 Å². The van der Waals surface area contributed by atoms with Gasteiger partial charge in [0, 0.05) is 23.8 Å². The van der Waals surface area contributed by atoms with Crippen molar-refractivity contribution in [2.45, 2.75) is 11.4 Å². The smallest absolute Gasteiger partial charge is 0.234 e. The van der Waals surface area contributed by atoms with Crippen LogP contribution in [0.4, 0.5) is 11.4 Å². The molecule has 1 amide bonds. The molecule has 0 radical (unpaired) electrons. The normalized spacial score (nSPS) is 13.8. The number of hydrogen-bond donors (Lipinski definition) is 2. The Bertz CT molecular complexity index is 623. The van der Waals surface area contributed by atoms with Crippen molar-refractivity contribution in [3.63, 3.8) is 0 Å². The maximum atomic E-state index is 11.4. The molecule has 1 aromatic heterocycles. The number of aromatic nitrogens is 2. The molecule has 2 aromatic rings. The second kappa shape index (κ2) is 4.97. The number of fused-ring (bicyclic) bond motifs is 1. The van der Waals surface area contributed by atoms with Gasteiger partial charge in [-0.25, -0.2) is 4.98 Å². The fourth-order valence-electron chi connectivity index (χ4n) is 1.94. The van der Waals surface area contributed by atoms with E-state index in [1.807, 2.05) is 36.0 Å². The third-order valence-electron chi connectivity index (χ3n) is 3.00. The van der Waals surface area contributed by atoms with Gasteiger partial charge in [0.2, 0.25) is 5.91 Å². The Hall–Kier alpha value is -1.95. The maximum absolute atomic E-state index is 11.4. The highest BCUT2D eigenvalue weighted by Crippen LogP contribution is 2.33. The molecule has 0 saturated carbocycles. The summed E-state index contributed by atoms with van der Waals surface area (Å²) in [6.07, 6.45) is 3.61. The van der Waals surface area contributed by atoms with Crippen molar-refractivity contribution in [2.75, 3.05) is 16.4 Å². The van der Waals surface area contributed by atoms with Gasteiger partial charge in [0.15, 0.2) is 0 Å². The first-order valence-electron chi connectivity index (χ1n) is 5.98. The topological polar surface area (TPSA) is 59.0 Å². The number of amides is 1. The van der Waals surface area contributed by atoms with E-state index in [4.69, 9.17) is 0 Å². The average molecular weight is 274 g/mol. The Morgan fingerprint density at radius 3 is 3.21 bits per heavy atom. The molecule has 98 valence electrons. The Kier molecular flexibility index (Phi) is 3.16. The van der Waals surface area contributed by atoms with Gasteiger partial charge < -0.3 is 15.2 Å². The van der Waals surface area contributed by atoms with Gasteiger partial charge >= 0.3 is 0 Å². The summed E-state index contributed by atoms with van der Waals surface area (Å²) in [5, 5.41) is 6.22. The third kappa shape index (κ3) is 2.58. The lowest BCUT2D eigenvalue weighted by Crippen LogP contribution is -2.18. The van der Waals surface area contributed by atoms with Crippen LogP contribution < -0.4 is 10.6 Å². The van der Waals surface area contributed by atoms with Gasteiger partial charge in [-0.2, -0.15) is 0 Å². The molecule has 0 spiro atoms. The number of aryl methyl sites for hydroxylation is 1. The van der Waals surface area contributed by atoms with Gasteiger partial charge in [-0.3, -0.25) is 4.79 Å². The van der Waals surface area contributed by atoms with E-state index < -0.39 is 0 Å². The van der Waals surface area contributed by atoms with E-state index in [9.17, 15) is 4.79 Å². The Labute approximate surface area is 115 Å². The van der Waals surface area contributed by atoms with Crippen molar-refractivity contribution < 1.29 is 4.79 Å². The van der Waals surface area contributed by atoms with Crippen LogP contribution in [0.25, 0.3) is 0 Å². The van der Waals surface area contributed by atoms with Crippen LogP contribution in [-0.4, -0.2) is 21.2 Å². The molecule has 6 heteroatoms. The number of carbonyl (C=O) groups is 1. The summed E-state index contributed by atoms with van der Waals surface area (Å²) < 4.78 is 1.98. The van der Waals surface area contributed by atoms with Crippen molar-refractivity contribution in [1.29, 1.82) is 0 Å². The van der Waals surface area contributed by atoms with E-state index in [-0.39, 0.29) is 5.91 Å². The highest BCUT2D eigenvalue weighted by molar-refractivity contribution is 8.00. The van der Waals surface area contributed by atoms with Crippen molar-refractivity contribution in [3.8, 4) is 0 Å². The van der Waals surface area contributed by atoms with Gasteiger partial charge in [0.1, 0.15) is 0 Å². The summed E-state index contributed by atoms with van der Waals surface area (Å²) >= 11 is 1.57. The molecule has 0 unspecified atom stereocenters. The Morgan fingerprint density at radius 2 is 2.42 bits per heavy atom.